The van der Waals surface area contributed by atoms with Crippen molar-refractivity contribution in [2.75, 3.05) is 0 Å². The van der Waals surface area contributed by atoms with Crippen molar-refractivity contribution in [3.63, 3.8) is 0 Å². The highest BCUT2D eigenvalue weighted by Crippen LogP contribution is 2.26. The smallest absolute Gasteiger partial charge is 0.272 e. The Morgan fingerprint density at radius 1 is 1.18 bits per heavy atom. The molecule has 10 heteroatoms. The number of nitrogens with zero attached hydrogens (tertiary/aromatic N) is 6. The summed E-state index contributed by atoms with van der Waals surface area (Å²) in [6, 6.07) is 10.0. The Bertz CT molecular complexity index is 1360. The predicted octanol–water partition coefficient (Wildman–Crippen LogP) is 3.88. The lowest BCUT2D eigenvalue weighted by Crippen LogP contribution is -2.19. The van der Waals surface area contributed by atoms with Gasteiger partial charge in [-0.3, -0.25) is 18.3 Å². The van der Waals surface area contributed by atoms with Crippen molar-refractivity contribution in [3.8, 4) is 5.69 Å². The van der Waals surface area contributed by atoms with Gasteiger partial charge in [-0.15, -0.1) is 21.5 Å². The maximum absolute atomic E-state index is 12.5. The van der Waals surface area contributed by atoms with Gasteiger partial charge in [-0.2, -0.15) is 0 Å². The second-order valence-electron chi connectivity index (χ2n) is 6.10. The maximum Gasteiger partial charge on any atom is 0.272 e. The zero-order valence-corrected chi connectivity index (χ0v) is 17.8. The molecule has 28 heavy (non-hydrogen) atoms. The molecule has 0 unspecified atom stereocenters. The first-order valence-electron chi connectivity index (χ1n) is 8.36. The van der Waals surface area contributed by atoms with Gasteiger partial charge < -0.3 is 0 Å². The number of aryl methyl sites for hydroxylation is 1. The molecule has 0 aliphatic heterocycles. The summed E-state index contributed by atoms with van der Waals surface area (Å²) in [5.41, 5.74) is 1.84. The van der Waals surface area contributed by atoms with Crippen LogP contribution in [-0.4, -0.2) is 28.7 Å². The minimum Gasteiger partial charge on any atom is -0.295 e. The molecule has 5 aromatic rings. The van der Waals surface area contributed by atoms with E-state index in [9.17, 15) is 4.79 Å². The fourth-order valence-electron chi connectivity index (χ4n) is 3.07. The minimum absolute atomic E-state index is 0.0464. The number of fused-ring (bicyclic) bond motifs is 3. The van der Waals surface area contributed by atoms with Crippen molar-refractivity contribution >= 4 is 55.0 Å². The number of imidazole rings is 1. The number of aromatic nitrogens is 6. The molecule has 0 aliphatic rings. The zero-order valence-electron chi connectivity index (χ0n) is 14.6. The van der Waals surface area contributed by atoms with Crippen LogP contribution < -0.4 is 5.56 Å². The summed E-state index contributed by atoms with van der Waals surface area (Å²) >= 11 is 6.48. The zero-order chi connectivity index (χ0) is 19.3. The average Bonchev–Trinajstić information content (AvgIpc) is 3.43. The molecule has 140 valence electrons. The van der Waals surface area contributed by atoms with E-state index < -0.39 is 0 Å². The van der Waals surface area contributed by atoms with Gasteiger partial charge in [0.15, 0.2) is 5.16 Å². The Hall–Kier alpha value is -2.43. The highest BCUT2D eigenvalue weighted by molar-refractivity contribution is 9.10. The summed E-state index contributed by atoms with van der Waals surface area (Å²) in [5, 5.41) is 11.4. The normalized spacial score (nSPS) is 11.6. The molecule has 0 spiro atoms. The van der Waals surface area contributed by atoms with Gasteiger partial charge in [-0.25, -0.2) is 4.98 Å². The van der Waals surface area contributed by atoms with E-state index in [1.165, 1.54) is 11.3 Å². The highest BCUT2D eigenvalue weighted by Gasteiger charge is 2.16. The van der Waals surface area contributed by atoms with Crippen LogP contribution in [0.2, 0.25) is 0 Å². The third-order valence-electron chi connectivity index (χ3n) is 4.44. The number of halogens is 1. The monoisotopic (exact) mass is 472 g/mol. The molecule has 0 aliphatic carbocycles. The standard InChI is InChI=1S/C18H13BrN6OS2/c1-23-16(26)15-13(6-9-27-15)25-14(21-22-17(23)25)10-28-18-20-7-8-24(18)12-4-2-11(19)3-5-12/h2-9H,10H2,1H3. The van der Waals surface area contributed by atoms with E-state index in [0.717, 1.165) is 26.7 Å². The van der Waals surface area contributed by atoms with E-state index in [2.05, 4.69) is 31.1 Å². The van der Waals surface area contributed by atoms with E-state index in [0.29, 0.717) is 16.2 Å². The van der Waals surface area contributed by atoms with Gasteiger partial charge in [-0.1, -0.05) is 27.7 Å². The van der Waals surface area contributed by atoms with Crippen molar-refractivity contribution in [2.45, 2.75) is 10.9 Å². The van der Waals surface area contributed by atoms with E-state index in [1.54, 1.807) is 29.6 Å². The fraction of sp³-hybridized carbons (Fsp3) is 0.111. The molecule has 0 atom stereocenters. The van der Waals surface area contributed by atoms with Gasteiger partial charge in [0.05, 0.1) is 11.3 Å². The Labute approximate surface area is 175 Å². The van der Waals surface area contributed by atoms with Crippen LogP contribution in [0.5, 0.6) is 0 Å². The average molecular weight is 473 g/mol. The molecule has 1 aromatic carbocycles. The van der Waals surface area contributed by atoms with Gasteiger partial charge in [-0.05, 0) is 35.7 Å². The molecular weight excluding hydrogens is 460 g/mol. The maximum atomic E-state index is 12.5. The summed E-state index contributed by atoms with van der Waals surface area (Å²) in [6.45, 7) is 0. The van der Waals surface area contributed by atoms with Crippen molar-refractivity contribution in [1.82, 2.24) is 28.7 Å². The molecule has 0 saturated carbocycles. The molecule has 4 aromatic heterocycles. The third-order valence-corrected chi connectivity index (χ3v) is 6.82. The quantitative estimate of drug-likeness (QED) is 0.371. The lowest BCUT2D eigenvalue weighted by Gasteiger charge is -2.08. The van der Waals surface area contributed by atoms with Crippen LogP contribution in [0.25, 0.3) is 21.7 Å². The van der Waals surface area contributed by atoms with Crippen LogP contribution in [0.1, 0.15) is 5.82 Å². The first-order valence-corrected chi connectivity index (χ1v) is 11.0. The van der Waals surface area contributed by atoms with Gasteiger partial charge in [0.25, 0.3) is 5.56 Å². The van der Waals surface area contributed by atoms with Crippen LogP contribution in [0.3, 0.4) is 0 Å². The van der Waals surface area contributed by atoms with Gasteiger partial charge >= 0.3 is 0 Å². The van der Waals surface area contributed by atoms with E-state index in [-0.39, 0.29) is 5.56 Å². The number of rotatable bonds is 4. The lowest BCUT2D eigenvalue weighted by molar-refractivity contribution is 0.860. The molecule has 0 radical (unpaired) electrons. The summed E-state index contributed by atoms with van der Waals surface area (Å²) < 4.78 is 7.27. The van der Waals surface area contributed by atoms with Crippen LogP contribution >= 0.6 is 39.0 Å². The first kappa shape index (κ1) is 17.7. The van der Waals surface area contributed by atoms with Crippen molar-refractivity contribution < 1.29 is 0 Å². The number of hydrogen-bond acceptors (Lipinski definition) is 6. The largest absolute Gasteiger partial charge is 0.295 e. The fourth-order valence-corrected chi connectivity index (χ4v) is 5.07. The molecule has 7 nitrogen and oxygen atoms in total. The minimum atomic E-state index is -0.0464. The summed E-state index contributed by atoms with van der Waals surface area (Å²) in [4.78, 5) is 16.9. The van der Waals surface area contributed by atoms with Crippen LogP contribution in [0.4, 0.5) is 0 Å². The lowest BCUT2D eigenvalue weighted by atomic mass is 10.3. The Balaban J connectivity index is 1.52. The summed E-state index contributed by atoms with van der Waals surface area (Å²) in [6.07, 6.45) is 3.72. The van der Waals surface area contributed by atoms with Crippen molar-refractivity contribution in [1.29, 1.82) is 0 Å². The molecular formula is C18H13BrN6OS2. The third kappa shape index (κ3) is 2.79. The van der Waals surface area contributed by atoms with Crippen LogP contribution in [0.15, 0.2) is 62.5 Å². The topological polar surface area (TPSA) is 70.0 Å². The van der Waals surface area contributed by atoms with E-state index in [4.69, 9.17) is 0 Å². The number of thioether (sulfide) groups is 1. The van der Waals surface area contributed by atoms with Crippen molar-refractivity contribution in [2.24, 2.45) is 7.05 Å². The molecule has 0 bridgehead atoms. The summed E-state index contributed by atoms with van der Waals surface area (Å²) in [5.74, 6) is 1.91. The number of thiophene rings is 1. The van der Waals surface area contributed by atoms with E-state index in [1.807, 2.05) is 50.9 Å². The summed E-state index contributed by atoms with van der Waals surface area (Å²) in [7, 11) is 1.72. The van der Waals surface area contributed by atoms with Crippen LogP contribution in [-0.2, 0) is 12.8 Å². The molecule has 0 fully saturated rings. The predicted molar refractivity (Wildman–Crippen MR) is 114 cm³/mol. The number of benzene rings is 1. The Morgan fingerprint density at radius 3 is 2.82 bits per heavy atom. The highest BCUT2D eigenvalue weighted by atomic mass is 79.9. The molecule has 0 N–H and O–H groups in total. The number of hydrogen-bond donors (Lipinski definition) is 0. The van der Waals surface area contributed by atoms with Gasteiger partial charge in [0, 0.05) is 29.6 Å². The molecule has 5 rings (SSSR count). The van der Waals surface area contributed by atoms with Gasteiger partial charge in [0.2, 0.25) is 5.78 Å². The molecule has 4 heterocycles. The van der Waals surface area contributed by atoms with Crippen molar-refractivity contribution in [3.05, 3.63) is 68.8 Å². The SMILES string of the molecule is Cn1c(=O)c2sccc2n2c(CSc3nccn3-c3ccc(Br)cc3)nnc12. The molecule has 0 amide bonds. The van der Waals surface area contributed by atoms with Gasteiger partial charge in [0.1, 0.15) is 10.5 Å². The Morgan fingerprint density at radius 2 is 2.00 bits per heavy atom. The Kier molecular flexibility index (Phi) is 4.33. The van der Waals surface area contributed by atoms with Crippen LogP contribution in [0, 0.1) is 0 Å². The first-order chi connectivity index (χ1) is 13.6. The second kappa shape index (κ2) is 6.87. The molecule has 0 saturated heterocycles. The van der Waals surface area contributed by atoms with E-state index >= 15 is 0 Å². The second-order valence-corrected chi connectivity index (χ2v) is 8.87.